The van der Waals surface area contributed by atoms with Crippen LogP contribution in [0.15, 0.2) is 33.6 Å². The van der Waals surface area contributed by atoms with Crippen LogP contribution in [0.4, 0.5) is 4.39 Å². The van der Waals surface area contributed by atoms with Crippen molar-refractivity contribution in [3.63, 3.8) is 0 Å². The molecule has 1 N–H and O–H groups in total. The molecule has 0 aromatic heterocycles. The third-order valence-corrected chi connectivity index (χ3v) is 3.07. The highest BCUT2D eigenvalue weighted by molar-refractivity contribution is 9.10. The van der Waals surface area contributed by atoms with Crippen molar-refractivity contribution in [1.29, 1.82) is 0 Å². The molecule has 1 aromatic rings. The molecule has 2 nitrogen and oxygen atoms in total. The standard InChI is InChI=1S/C9H8BrFO2S/c10-6-1-3-7(4-2-6)14-5-8(11)9(12)13/h1-4,8H,5H2,(H,12,13). The minimum Gasteiger partial charge on any atom is -0.479 e. The molecular formula is C9H8BrFO2S. The summed E-state index contributed by atoms with van der Waals surface area (Å²) in [7, 11) is 0. The zero-order valence-electron chi connectivity index (χ0n) is 7.11. The fourth-order valence-electron chi connectivity index (χ4n) is 0.771. The van der Waals surface area contributed by atoms with Gasteiger partial charge in [-0.2, -0.15) is 0 Å². The number of carbonyl (C=O) groups is 1. The Bertz CT molecular complexity index is 315. The highest BCUT2D eigenvalue weighted by Crippen LogP contribution is 2.21. The molecule has 0 aliphatic rings. The van der Waals surface area contributed by atoms with E-state index < -0.39 is 12.1 Å². The minimum absolute atomic E-state index is 0.0586. The summed E-state index contributed by atoms with van der Waals surface area (Å²) in [6, 6.07) is 7.28. The van der Waals surface area contributed by atoms with Gasteiger partial charge in [0.15, 0.2) is 0 Å². The molecule has 1 atom stereocenters. The van der Waals surface area contributed by atoms with E-state index in [9.17, 15) is 9.18 Å². The summed E-state index contributed by atoms with van der Waals surface area (Å²) in [6.07, 6.45) is -1.80. The summed E-state index contributed by atoms with van der Waals surface area (Å²) in [4.78, 5) is 11.0. The molecule has 0 fully saturated rings. The van der Waals surface area contributed by atoms with E-state index in [-0.39, 0.29) is 5.75 Å². The second-order valence-corrected chi connectivity index (χ2v) is 4.58. The van der Waals surface area contributed by atoms with E-state index in [0.717, 1.165) is 9.37 Å². The van der Waals surface area contributed by atoms with Crippen LogP contribution in [0.3, 0.4) is 0 Å². The van der Waals surface area contributed by atoms with Gasteiger partial charge in [0.25, 0.3) is 0 Å². The number of carboxylic acids is 1. The first-order valence-electron chi connectivity index (χ1n) is 3.85. The summed E-state index contributed by atoms with van der Waals surface area (Å²) in [6.45, 7) is 0. The average molecular weight is 279 g/mol. The number of aliphatic carboxylic acids is 1. The number of carboxylic acid groups (broad SMARTS) is 1. The third kappa shape index (κ3) is 3.67. The van der Waals surface area contributed by atoms with Crippen molar-refractivity contribution in [3.8, 4) is 0 Å². The second-order valence-electron chi connectivity index (χ2n) is 2.57. The van der Waals surface area contributed by atoms with Crippen LogP contribution in [0.2, 0.25) is 0 Å². The smallest absolute Gasteiger partial charge is 0.339 e. The highest BCUT2D eigenvalue weighted by atomic mass is 79.9. The number of alkyl halides is 1. The predicted octanol–water partition coefficient (Wildman–Crippen LogP) is 2.96. The Morgan fingerprint density at radius 1 is 1.50 bits per heavy atom. The van der Waals surface area contributed by atoms with Crippen molar-refractivity contribution in [2.45, 2.75) is 11.1 Å². The molecule has 1 aromatic carbocycles. The Kier molecular flexibility index (Phi) is 4.41. The van der Waals surface area contributed by atoms with E-state index in [1.807, 2.05) is 24.3 Å². The monoisotopic (exact) mass is 278 g/mol. The van der Waals surface area contributed by atoms with Gasteiger partial charge in [0.1, 0.15) is 0 Å². The molecule has 0 bridgehead atoms. The van der Waals surface area contributed by atoms with Gasteiger partial charge < -0.3 is 5.11 Å². The van der Waals surface area contributed by atoms with Crippen LogP contribution in [0.1, 0.15) is 0 Å². The number of benzene rings is 1. The second kappa shape index (κ2) is 5.36. The summed E-state index contributed by atoms with van der Waals surface area (Å²) in [5.41, 5.74) is 0. The fraction of sp³-hybridized carbons (Fsp3) is 0.222. The van der Waals surface area contributed by atoms with Crippen LogP contribution in [-0.2, 0) is 4.79 Å². The number of rotatable bonds is 4. The van der Waals surface area contributed by atoms with Gasteiger partial charge in [0.2, 0.25) is 6.17 Å². The van der Waals surface area contributed by atoms with Gasteiger partial charge in [-0.3, -0.25) is 0 Å². The Hall–Kier alpha value is -0.550. The van der Waals surface area contributed by atoms with Gasteiger partial charge >= 0.3 is 5.97 Å². The molecule has 76 valence electrons. The molecule has 0 amide bonds. The average Bonchev–Trinajstić information content (AvgIpc) is 2.16. The topological polar surface area (TPSA) is 37.3 Å². The minimum atomic E-state index is -1.80. The molecule has 1 rings (SSSR count). The van der Waals surface area contributed by atoms with Crippen LogP contribution < -0.4 is 0 Å². The van der Waals surface area contributed by atoms with Crippen molar-refractivity contribution >= 4 is 33.7 Å². The number of halogens is 2. The van der Waals surface area contributed by atoms with Crippen molar-refractivity contribution in [3.05, 3.63) is 28.7 Å². The van der Waals surface area contributed by atoms with Crippen LogP contribution in [-0.4, -0.2) is 23.0 Å². The van der Waals surface area contributed by atoms with Crippen LogP contribution in [0.25, 0.3) is 0 Å². The van der Waals surface area contributed by atoms with Gasteiger partial charge in [0, 0.05) is 15.1 Å². The number of thioether (sulfide) groups is 1. The normalized spacial score (nSPS) is 12.4. The molecular weight excluding hydrogens is 271 g/mol. The maximum absolute atomic E-state index is 12.7. The molecule has 0 saturated carbocycles. The van der Waals surface area contributed by atoms with Crippen LogP contribution in [0, 0.1) is 0 Å². The predicted molar refractivity (Wildman–Crippen MR) is 57.4 cm³/mol. The van der Waals surface area contributed by atoms with Crippen molar-refractivity contribution in [2.75, 3.05) is 5.75 Å². The quantitative estimate of drug-likeness (QED) is 0.861. The van der Waals surface area contributed by atoms with E-state index in [4.69, 9.17) is 5.11 Å². The summed E-state index contributed by atoms with van der Waals surface area (Å²) in [5.74, 6) is -1.47. The molecule has 1 unspecified atom stereocenters. The van der Waals surface area contributed by atoms with Crippen molar-refractivity contribution in [1.82, 2.24) is 0 Å². The van der Waals surface area contributed by atoms with Crippen molar-refractivity contribution in [2.24, 2.45) is 0 Å². The lowest BCUT2D eigenvalue weighted by Gasteiger charge is -2.02. The Labute approximate surface area is 93.6 Å². The van der Waals surface area contributed by atoms with Gasteiger partial charge in [0.05, 0.1) is 0 Å². The van der Waals surface area contributed by atoms with Crippen LogP contribution >= 0.6 is 27.7 Å². The van der Waals surface area contributed by atoms with Gasteiger partial charge in [-0.1, -0.05) is 15.9 Å². The number of hydrogen-bond acceptors (Lipinski definition) is 2. The number of hydrogen-bond donors (Lipinski definition) is 1. The van der Waals surface area contributed by atoms with E-state index in [1.165, 1.54) is 11.8 Å². The lowest BCUT2D eigenvalue weighted by atomic mass is 10.4. The van der Waals surface area contributed by atoms with Crippen LogP contribution in [0.5, 0.6) is 0 Å². The van der Waals surface area contributed by atoms with E-state index in [1.54, 1.807) is 0 Å². The summed E-state index contributed by atoms with van der Waals surface area (Å²) in [5, 5.41) is 8.31. The van der Waals surface area contributed by atoms with Gasteiger partial charge in [-0.05, 0) is 24.3 Å². The molecule has 0 saturated heterocycles. The Morgan fingerprint density at radius 3 is 2.57 bits per heavy atom. The van der Waals surface area contributed by atoms with Gasteiger partial charge in [-0.25, -0.2) is 9.18 Å². The molecule has 0 heterocycles. The zero-order valence-corrected chi connectivity index (χ0v) is 9.52. The largest absolute Gasteiger partial charge is 0.479 e. The Morgan fingerprint density at radius 2 is 2.07 bits per heavy atom. The summed E-state index contributed by atoms with van der Waals surface area (Å²) < 4.78 is 13.6. The molecule has 5 heteroatoms. The molecule has 0 aliphatic carbocycles. The molecule has 0 aliphatic heterocycles. The first kappa shape index (κ1) is 11.5. The summed E-state index contributed by atoms with van der Waals surface area (Å²) >= 11 is 4.46. The molecule has 14 heavy (non-hydrogen) atoms. The lowest BCUT2D eigenvalue weighted by molar-refractivity contribution is -0.141. The van der Waals surface area contributed by atoms with E-state index >= 15 is 0 Å². The third-order valence-electron chi connectivity index (χ3n) is 1.48. The van der Waals surface area contributed by atoms with E-state index in [0.29, 0.717) is 0 Å². The fourth-order valence-corrected chi connectivity index (χ4v) is 1.85. The molecule has 0 radical (unpaired) electrons. The maximum atomic E-state index is 12.7. The lowest BCUT2D eigenvalue weighted by Crippen LogP contribution is -2.16. The zero-order chi connectivity index (χ0) is 10.6. The SMILES string of the molecule is O=C(O)C(F)CSc1ccc(Br)cc1. The first-order chi connectivity index (χ1) is 6.59. The van der Waals surface area contributed by atoms with Crippen molar-refractivity contribution < 1.29 is 14.3 Å². The van der Waals surface area contributed by atoms with Gasteiger partial charge in [-0.15, -0.1) is 11.8 Å². The van der Waals surface area contributed by atoms with E-state index in [2.05, 4.69) is 15.9 Å². The highest BCUT2D eigenvalue weighted by Gasteiger charge is 2.15. The molecule has 0 spiro atoms. The first-order valence-corrected chi connectivity index (χ1v) is 5.62. The Balaban J connectivity index is 2.46. The maximum Gasteiger partial charge on any atom is 0.339 e.